The van der Waals surface area contributed by atoms with E-state index in [-0.39, 0.29) is 5.91 Å². The number of hydrogen-bond acceptors (Lipinski definition) is 3. The summed E-state index contributed by atoms with van der Waals surface area (Å²) in [4.78, 5) is 15.5. The van der Waals surface area contributed by atoms with Crippen molar-refractivity contribution in [1.29, 1.82) is 0 Å². The number of aromatic nitrogens is 2. The van der Waals surface area contributed by atoms with Crippen LogP contribution in [-0.2, 0) is 4.79 Å². The van der Waals surface area contributed by atoms with Crippen LogP contribution in [0.4, 0.5) is 0 Å². The van der Waals surface area contributed by atoms with Gasteiger partial charge in [0.15, 0.2) is 5.16 Å². The molecule has 2 aromatic rings. The van der Waals surface area contributed by atoms with Gasteiger partial charge < -0.3 is 5.32 Å². The van der Waals surface area contributed by atoms with Gasteiger partial charge in [-0.2, -0.15) is 0 Å². The number of nitrogens with zero attached hydrogens (tertiary/aromatic N) is 2. The molecule has 1 aromatic heterocycles. The SMILES string of the molecule is CNC(=O)CSc1nccn1-c1ccccc1C. The Hall–Kier alpha value is -1.75. The van der Waals surface area contributed by atoms with Crippen LogP contribution >= 0.6 is 11.8 Å². The first-order valence-electron chi connectivity index (χ1n) is 5.65. The molecule has 0 fully saturated rings. The summed E-state index contributed by atoms with van der Waals surface area (Å²) in [5.74, 6) is 0.374. The summed E-state index contributed by atoms with van der Waals surface area (Å²) < 4.78 is 2.00. The van der Waals surface area contributed by atoms with E-state index in [9.17, 15) is 4.79 Å². The fourth-order valence-electron chi connectivity index (χ4n) is 1.62. The molecule has 0 radical (unpaired) electrons. The van der Waals surface area contributed by atoms with E-state index in [0.29, 0.717) is 5.75 Å². The van der Waals surface area contributed by atoms with Gasteiger partial charge in [-0.3, -0.25) is 9.36 Å². The molecule has 18 heavy (non-hydrogen) atoms. The number of aryl methyl sites for hydroxylation is 1. The number of nitrogens with one attached hydrogen (secondary N) is 1. The molecule has 0 bridgehead atoms. The molecule has 0 aliphatic carbocycles. The van der Waals surface area contributed by atoms with E-state index >= 15 is 0 Å². The number of amides is 1. The third-order valence-corrected chi connectivity index (χ3v) is 3.56. The summed E-state index contributed by atoms with van der Waals surface area (Å²) in [5, 5.41) is 3.43. The van der Waals surface area contributed by atoms with Crippen molar-refractivity contribution >= 4 is 17.7 Å². The van der Waals surface area contributed by atoms with Crippen LogP contribution in [0.3, 0.4) is 0 Å². The summed E-state index contributed by atoms with van der Waals surface area (Å²) in [6.07, 6.45) is 3.66. The van der Waals surface area contributed by atoms with E-state index in [2.05, 4.69) is 23.3 Å². The van der Waals surface area contributed by atoms with Crippen LogP contribution in [-0.4, -0.2) is 28.3 Å². The highest BCUT2D eigenvalue weighted by Gasteiger charge is 2.09. The Morgan fingerprint density at radius 3 is 2.94 bits per heavy atom. The number of carbonyl (C=O) groups excluding carboxylic acids is 1. The summed E-state index contributed by atoms with van der Waals surface area (Å²) in [6, 6.07) is 8.10. The van der Waals surface area contributed by atoms with Crippen molar-refractivity contribution in [3.05, 3.63) is 42.2 Å². The van der Waals surface area contributed by atoms with E-state index < -0.39 is 0 Å². The zero-order valence-electron chi connectivity index (χ0n) is 10.4. The van der Waals surface area contributed by atoms with Gasteiger partial charge in [0.1, 0.15) is 0 Å². The normalized spacial score (nSPS) is 10.3. The zero-order valence-corrected chi connectivity index (χ0v) is 11.2. The molecule has 0 atom stereocenters. The molecular formula is C13H15N3OS. The van der Waals surface area contributed by atoms with Crippen molar-refractivity contribution in [1.82, 2.24) is 14.9 Å². The van der Waals surface area contributed by atoms with Gasteiger partial charge in [0.05, 0.1) is 11.4 Å². The van der Waals surface area contributed by atoms with Gasteiger partial charge in [-0.1, -0.05) is 30.0 Å². The average molecular weight is 261 g/mol. The van der Waals surface area contributed by atoms with Crippen LogP contribution in [0.15, 0.2) is 41.8 Å². The number of para-hydroxylation sites is 1. The van der Waals surface area contributed by atoms with Gasteiger partial charge in [-0.15, -0.1) is 0 Å². The lowest BCUT2D eigenvalue weighted by Crippen LogP contribution is -2.20. The Balaban J connectivity index is 2.23. The topological polar surface area (TPSA) is 46.9 Å². The molecule has 1 amide bonds. The van der Waals surface area contributed by atoms with Crippen molar-refractivity contribution in [2.24, 2.45) is 0 Å². The summed E-state index contributed by atoms with van der Waals surface area (Å²) >= 11 is 1.43. The van der Waals surface area contributed by atoms with Gasteiger partial charge in [-0.25, -0.2) is 4.98 Å². The Morgan fingerprint density at radius 2 is 2.22 bits per heavy atom. The van der Waals surface area contributed by atoms with Crippen molar-refractivity contribution in [3.8, 4) is 5.69 Å². The molecule has 0 unspecified atom stereocenters. The molecule has 4 nitrogen and oxygen atoms in total. The maximum Gasteiger partial charge on any atom is 0.230 e. The Kier molecular flexibility index (Phi) is 4.04. The molecule has 1 N–H and O–H groups in total. The van der Waals surface area contributed by atoms with Gasteiger partial charge in [0, 0.05) is 19.4 Å². The second-order valence-electron chi connectivity index (χ2n) is 3.83. The predicted octanol–water partition coefficient (Wildman–Crippen LogP) is 2.02. The van der Waals surface area contributed by atoms with Gasteiger partial charge in [-0.05, 0) is 18.6 Å². The van der Waals surface area contributed by atoms with Crippen LogP contribution in [0.5, 0.6) is 0 Å². The number of hydrogen-bond donors (Lipinski definition) is 1. The number of carbonyl (C=O) groups is 1. The summed E-state index contributed by atoms with van der Waals surface area (Å²) in [5.41, 5.74) is 2.27. The third kappa shape index (κ3) is 2.73. The number of benzene rings is 1. The van der Waals surface area contributed by atoms with Crippen LogP contribution in [0.1, 0.15) is 5.56 Å². The lowest BCUT2D eigenvalue weighted by molar-refractivity contribution is -0.118. The molecule has 1 aromatic carbocycles. The fourth-order valence-corrected chi connectivity index (χ4v) is 2.45. The van der Waals surface area contributed by atoms with Gasteiger partial charge in [0.25, 0.3) is 0 Å². The molecule has 2 rings (SSSR count). The standard InChI is InChI=1S/C13H15N3OS/c1-10-5-3-4-6-11(10)16-8-7-15-13(16)18-9-12(17)14-2/h3-8H,9H2,1-2H3,(H,14,17). The Morgan fingerprint density at radius 1 is 1.44 bits per heavy atom. The molecule has 0 aliphatic rings. The van der Waals surface area contributed by atoms with Gasteiger partial charge in [0.2, 0.25) is 5.91 Å². The summed E-state index contributed by atoms with van der Waals surface area (Å²) in [7, 11) is 1.64. The van der Waals surface area contributed by atoms with Crippen molar-refractivity contribution < 1.29 is 4.79 Å². The second kappa shape index (κ2) is 5.73. The minimum Gasteiger partial charge on any atom is -0.358 e. The maximum atomic E-state index is 11.3. The lowest BCUT2D eigenvalue weighted by Gasteiger charge is -2.09. The highest BCUT2D eigenvalue weighted by atomic mass is 32.2. The monoisotopic (exact) mass is 261 g/mol. The molecule has 94 valence electrons. The van der Waals surface area contributed by atoms with E-state index in [1.54, 1.807) is 13.2 Å². The molecule has 1 heterocycles. The number of rotatable bonds is 4. The first kappa shape index (κ1) is 12.7. The predicted molar refractivity (Wildman–Crippen MR) is 73.1 cm³/mol. The molecule has 5 heteroatoms. The third-order valence-electron chi connectivity index (χ3n) is 2.59. The largest absolute Gasteiger partial charge is 0.358 e. The first-order valence-corrected chi connectivity index (χ1v) is 6.63. The minimum atomic E-state index is -0.000617. The summed E-state index contributed by atoms with van der Waals surface area (Å²) in [6.45, 7) is 2.06. The molecule has 0 saturated heterocycles. The van der Waals surface area contributed by atoms with E-state index in [1.165, 1.54) is 17.3 Å². The van der Waals surface area contributed by atoms with Crippen LogP contribution in [0, 0.1) is 6.92 Å². The molecule has 0 aliphatic heterocycles. The van der Waals surface area contributed by atoms with E-state index in [0.717, 1.165) is 10.8 Å². The average Bonchev–Trinajstić information content (AvgIpc) is 2.84. The van der Waals surface area contributed by atoms with Crippen LogP contribution < -0.4 is 5.32 Å². The zero-order chi connectivity index (χ0) is 13.0. The highest BCUT2D eigenvalue weighted by molar-refractivity contribution is 7.99. The molecule has 0 saturated carbocycles. The lowest BCUT2D eigenvalue weighted by atomic mass is 10.2. The molecular weight excluding hydrogens is 246 g/mol. The maximum absolute atomic E-state index is 11.3. The quantitative estimate of drug-likeness (QED) is 0.857. The Bertz CT molecular complexity index is 551. The number of imidazole rings is 1. The van der Waals surface area contributed by atoms with E-state index in [4.69, 9.17) is 0 Å². The van der Waals surface area contributed by atoms with Crippen molar-refractivity contribution in [2.75, 3.05) is 12.8 Å². The first-order chi connectivity index (χ1) is 8.72. The van der Waals surface area contributed by atoms with Crippen molar-refractivity contribution in [3.63, 3.8) is 0 Å². The van der Waals surface area contributed by atoms with Gasteiger partial charge >= 0.3 is 0 Å². The molecule has 0 spiro atoms. The minimum absolute atomic E-state index is 0.000617. The van der Waals surface area contributed by atoms with Crippen molar-refractivity contribution in [2.45, 2.75) is 12.1 Å². The van der Waals surface area contributed by atoms with E-state index in [1.807, 2.05) is 29.0 Å². The Labute approximate surface area is 110 Å². The smallest absolute Gasteiger partial charge is 0.230 e. The fraction of sp³-hybridized carbons (Fsp3) is 0.231. The van der Waals surface area contributed by atoms with Crippen LogP contribution in [0.2, 0.25) is 0 Å². The number of thioether (sulfide) groups is 1. The van der Waals surface area contributed by atoms with Crippen LogP contribution in [0.25, 0.3) is 5.69 Å². The second-order valence-corrected chi connectivity index (χ2v) is 4.77. The highest BCUT2D eigenvalue weighted by Crippen LogP contribution is 2.22.